The van der Waals surface area contributed by atoms with Gasteiger partial charge in [-0.1, -0.05) is 0 Å². The Balaban J connectivity index is 1.98. The minimum Gasteiger partial charge on any atom is -0.366 e. The lowest BCUT2D eigenvalue weighted by Crippen LogP contribution is -2.21. The summed E-state index contributed by atoms with van der Waals surface area (Å²) in [5, 5.41) is 12.0. The van der Waals surface area contributed by atoms with Crippen molar-refractivity contribution in [2.24, 2.45) is 0 Å². The molecule has 0 bridgehead atoms. The molecule has 86 valence electrons. The third kappa shape index (κ3) is 3.05. The van der Waals surface area contributed by atoms with Crippen molar-refractivity contribution in [2.45, 2.75) is 19.5 Å². The molecule has 0 aliphatic rings. The van der Waals surface area contributed by atoms with Crippen molar-refractivity contribution in [3.05, 3.63) is 42.6 Å². The molecule has 0 radical (unpaired) electrons. The molecule has 0 saturated heterocycles. The van der Waals surface area contributed by atoms with Crippen LogP contribution < -0.4 is 5.32 Å². The molecule has 17 heavy (non-hydrogen) atoms. The highest BCUT2D eigenvalue weighted by Gasteiger charge is 2.04. The fourth-order valence-corrected chi connectivity index (χ4v) is 1.59. The maximum atomic E-state index is 8.79. The van der Waals surface area contributed by atoms with E-state index in [0.717, 1.165) is 12.4 Å². The molecule has 1 unspecified atom stereocenters. The van der Waals surface area contributed by atoms with Crippen LogP contribution in [-0.4, -0.2) is 20.6 Å². The van der Waals surface area contributed by atoms with Crippen LogP contribution in [0.15, 0.2) is 37.1 Å². The molecule has 0 aromatic carbocycles. The number of pyridine rings is 1. The van der Waals surface area contributed by atoms with Gasteiger partial charge in [0.15, 0.2) is 0 Å². The average molecular weight is 227 g/mol. The summed E-state index contributed by atoms with van der Waals surface area (Å²) in [6.45, 7) is 2.86. The molecular formula is C12H13N5. The van der Waals surface area contributed by atoms with Crippen molar-refractivity contribution in [1.29, 1.82) is 5.26 Å². The molecule has 0 amide bonds. The van der Waals surface area contributed by atoms with Gasteiger partial charge in [0.05, 0.1) is 18.0 Å². The number of anilines is 1. The average Bonchev–Trinajstić information content (AvgIpc) is 2.82. The summed E-state index contributed by atoms with van der Waals surface area (Å²) in [5.74, 6) is 0.719. The molecule has 0 spiro atoms. The Bertz CT molecular complexity index is 512. The van der Waals surface area contributed by atoms with Crippen LogP contribution in [0.1, 0.15) is 12.5 Å². The third-order valence-electron chi connectivity index (χ3n) is 2.33. The minimum absolute atomic E-state index is 0.214. The molecule has 0 fully saturated rings. The topological polar surface area (TPSA) is 66.5 Å². The molecule has 0 aliphatic carbocycles. The number of hydrogen-bond acceptors (Lipinski definition) is 4. The van der Waals surface area contributed by atoms with Gasteiger partial charge in [-0.05, 0) is 19.1 Å². The summed E-state index contributed by atoms with van der Waals surface area (Å²) in [6, 6.07) is 5.73. The predicted octanol–water partition coefficient (Wildman–Crippen LogP) is 1.65. The fourth-order valence-electron chi connectivity index (χ4n) is 1.59. The van der Waals surface area contributed by atoms with Crippen LogP contribution in [0.2, 0.25) is 0 Å². The van der Waals surface area contributed by atoms with E-state index in [1.54, 1.807) is 30.9 Å². The van der Waals surface area contributed by atoms with E-state index in [9.17, 15) is 0 Å². The minimum atomic E-state index is 0.214. The molecule has 0 saturated carbocycles. The molecule has 5 heteroatoms. The van der Waals surface area contributed by atoms with Crippen molar-refractivity contribution in [3.63, 3.8) is 0 Å². The smallest absolute Gasteiger partial charge is 0.127 e. The van der Waals surface area contributed by atoms with Crippen LogP contribution in [0, 0.1) is 11.3 Å². The van der Waals surface area contributed by atoms with Gasteiger partial charge >= 0.3 is 0 Å². The van der Waals surface area contributed by atoms with Gasteiger partial charge in [0, 0.05) is 31.2 Å². The molecule has 1 atom stereocenters. The molecule has 1 N–H and O–H groups in total. The summed E-state index contributed by atoms with van der Waals surface area (Å²) in [4.78, 5) is 8.16. The zero-order valence-electron chi connectivity index (χ0n) is 9.54. The Morgan fingerprint density at radius 3 is 3.12 bits per heavy atom. The first-order valence-electron chi connectivity index (χ1n) is 5.36. The van der Waals surface area contributed by atoms with Crippen molar-refractivity contribution in [1.82, 2.24) is 14.5 Å². The Hall–Kier alpha value is -2.35. The van der Waals surface area contributed by atoms with Crippen LogP contribution in [0.25, 0.3) is 0 Å². The molecule has 2 rings (SSSR count). The first-order valence-corrected chi connectivity index (χ1v) is 5.36. The van der Waals surface area contributed by atoms with E-state index in [1.807, 2.05) is 10.8 Å². The second-order valence-corrected chi connectivity index (χ2v) is 3.85. The van der Waals surface area contributed by atoms with Gasteiger partial charge in [-0.3, -0.25) is 0 Å². The monoisotopic (exact) mass is 227 g/mol. The van der Waals surface area contributed by atoms with Crippen molar-refractivity contribution < 1.29 is 0 Å². The first-order chi connectivity index (χ1) is 8.28. The number of hydrogen-bond donors (Lipinski definition) is 1. The van der Waals surface area contributed by atoms with Gasteiger partial charge in [0.1, 0.15) is 5.82 Å². The number of rotatable bonds is 4. The lowest BCUT2D eigenvalue weighted by Gasteiger charge is -2.14. The highest BCUT2D eigenvalue weighted by molar-refractivity contribution is 5.42. The second kappa shape index (κ2) is 5.12. The molecule has 2 aromatic heterocycles. The summed E-state index contributed by atoms with van der Waals surface area (Å²) >= 11 is 0. The maximum absolute atomic E-state index is 8.79. The third-order valence-corrected chi connectivity index (χ3v) is 2.33. The highest BCUT2D eigenvalue weighted by atomic mass is 15.1. The predicted molar refractivity (Wildman–Crippen MR) is 64.3 cm³/mol. The lowest BCUT2D eigenvalue weighted by atomic mass is 10.2. The van der Waals surface area contributed by atoms with Crippen LogP contribution in [0.3, 0.4) is 0 Å². The number of nitriles is 1. The fraction of sp³-hybridized carbons (Fsp3) is 0.250. The molecule has 5 nitrogen and oxygen atoms in total. The molecule has 2 heterocycles. The standard InChI is InChI=1S/C12H13N5/c1-10(8-17-5-4-14-9-17)16-12-6-11(7-13)2-3-15-12/h2-6,9-10H,8H2,1H3,(H,15,16). The van der Waals surface area contributed by atoms with Gasteiger partial charge in [-0.25, -0.2) is 9.97 Å². The van der Waals surface area contributed by atoms with Crippen molar-refractivity contribution in [2.75, 3.05) is 5.32 Å². The Morgan fingerprint density at radius 2 is 2.41 bits per heavy atom. The van der Waals surface area contributed by atoms with Gasteiger partial charge in [-0.2, -0.15) is 5.26 Å². The quantitative estimate of drug-likeness (QED) is 0.862. The van der Waals surface area contributed by atoms with Crippen molar-refractivity contribution in [3.8, 4) is 6.07 Å². The van der Waals surface area contributed by atoms with E-state index in [1.165, 1.54) is 0 Å². The van der Waals surface area contributed by atoms with E-state index >= 15 is 0 Å². The maximum Gasteiger partial charge on any atom is 0.127 e. The van der Waals surface area contributed by atoms with Gasteiger partial charge in [0.2, 0.25) is 0 Å². The first kappa shape index (κ1) is 11.1. The molecule has 2 aromatic rings. The van der Waals surface area contributed by atoms with Crippen molar-refractivity contribution >= 4 is 5.82 Å². The van der Waals surface area contributed by atoms with E-state index in [0.29, 0.717) is 5.56 Å². The SMILES string of the molecule is CC(Cn1ccnc1)Nc1cc(C#N)ccn1. The summed E-state index contributed by atoms with van der Waals surface area (Å²) in [5.41, 5.74) is 0.609. The number of nitrogens with one attached hydrogen (secondary N) is 1. The number of imidazole rings is 1. The van der Waals surface area contributed by atoms with Crippen LogP contribution in [-0.2, 0) is 6.54 Å². The molecular weight excluding hydrogens is 214 g/mol. The highest BCUT2D eigenvalue weighted by Crippen LogP contribution is 2.07. The second-order valence-electron chi connectivity index (χ2n) is 3.85. The van der Waals surface area contributed by atoms with E-state index in [2.05, 4.69) is 28.3 Å². The van der Waals surface area contributed by atoms with Crippen LogP contribution >= 0.6 is 0 Å². The Labute approximate surface area is 99.7 Å². The zero-order chi connectivity index (χ0) is 12.1. The van der Waals surface area contributed by atoms with Gasteiger partial charge in [-0.15, -0.1) is 0 Å². The number of nitrogens with zero attached hydrogens (tertiary/aromatic N) is 4. The number of aromatic nitrogens is 3. The van der Waals surface area contributed by atoms with Gasteiger partial charge in [0.25, 0.3) is 0 Å². The Kier molecular flexibility index (Phi) is 3.36. The van der Waals surface area contributed by atoms with E-state index < -0.39 is 0 Å². The summed E-state index contributed by atoms with van der Waals surface area (Å²) < 4.78 is 1.99. The van der Waals surface area contributed by atoms with E-state index in [-0.39, 0.29) is 6.04 Å². The largest absolute Gasteiger partial charge is 0.366 e. The van der Waals surface area contributed by atoms with Gasteiger partial charge < -0.3 is 9.88 Å². The Morgan fingerprint density at radius 1 is 1.53 bits per heavy atom. The summed E-state index contributed by atoms with van der Waals surface area (Å²) in [6.07, 6.45) is 7.07. The van der Waals surface area contributed by atoms with E-state index in [4.69, 9.17) is 5.26 Å². The van der Waals surface area contributed by atoms with Crippen LogP contribution in [0.5, 0.6) is 0 Å². The van der Waals surface area contributed by atoms with Crippen LogP contribution in [0.4, 0.5) is 5.82 Å². The summed E-state index contributed by atoms with van der Waals surface area (Å²) in [7, 11) is 0. The zero-order valence-corrected chi connectivity index (χ0v) is 9.54. The normalized spacial score (nSPS) is 11.8. The molecule has 0 aliphatic heterocycles. The lowest BCUT2D eigenvalue weighted by molar-refractivity contribution is 0.617.